The summed E-state index contributed by atoms with van der Waals surface area (Å²) in [6, 6.07) is 71.5. The highest BCUT2D eigenvalue weighted by atomic mass is 32.1. The van der Waals surface area contributed by atoms with E-state index in [0.29, 0.717) is 0 Å². The Morgan fingerprint density at radius 2 is 1.03 bits per heavy atom. The second kappa shape index (κ2) is 13.2. The average Bonchev–Trinajstić information content (AvgIpc) is 4.29. The molecule has 9 aromatic carbocycles. The Labute approximate surface area is 419 Å². The molecule has 5 aliphatic rings. The number of nitrogens with zero attached hydrogens (tertiary/aromatic N) is 1. The lowest BCUT2D eigenvalue weighted by Gasteiger charge is -2.43. The van der Waals surface area contributed by atoms with Gasteiger partial charge in [-0.15, -0.1) is 22.7 Å². The van der Waals surface area contributed by atoms with Gasteiger partial charge in [0.2, 0.25) is 0 Å². The lowest BCUT2D eigenvalue weighted by molar-refractivity contribution is 0.629. The topological polar surface area (TPSA) is 16.4 Å². The van der Waals surface area contributed by atoms with Crippen LogP contribution in [0.4, 0.5) is 17.1 Å². The molecule has 71 heavy (non-hydrogen) atoms. The van der Waals surface area contributed by atoms with Gasteiger partial charge < -0.3 is 9.32 Å². The highest BCUT2D eigenvalue weighted by Gasteiger charge is 2.53. The normalized spacial score (nSPS) is 16.0. The zero-order valence-corrected chi connectivity index (χ0v) is 40.5. The smallest absolute Gasteiger partial charge is 0.159 e. The van der Waals surface area contributed by atoms with E-state index in [1.807, 2.05) is 22.7 Å². The number of thiophene rings is 2. The lowest BCUT2D eigenvalue weighted by Crippen LogP contribution is -2.32. The second-order valence-corrected chi connectivity index (χ2v) is 22.4. The van der Waals surface area contributed by atoms with E-state index in [1.54, 1.807) is 0 Å². The van der Waals surface area contributed by atoms with Crippen molar-refractivity contribution in [3.05, 3.63) is 266 Å². The average molecular weight is 940 g/mol. The van der Waals surface area contributed by atoms with Crippen LogP contribution < -0.4 is 4.90 Å². The van der Waals surface area contributed by atoms with Crippen LogP contribution in [-0.4, -0.2) is 0 Å². The van der Waals surface area contributed by atoms with E-state index in [2.05, 4.69) is 230 Å². The molecule has 12 aromatic rings. The summed E-state index contributed by atoms with van der Waals surface area (Å²) in [4.78, 5) is 5.32. The SMILES string of the molecule is CC1(C)c2ccccc2N(c2cccc3c2oc2c4c(ccc23)C2(c3ccsc3-c3sccc32)c2ccc3c5c(ccc-4c25)C=C3)c2cc3c(cc21)-c1ccccc1C3(c1ccccc1)c1ccccc1. The van der Waals surface area contributed by atoms with Crippen molar-refractivity contribution in [2.24, 2.45) is 0 Å². The summed E-state index contributed by atoms with van der Waals surface area (Å²) in [7, 11) is 0. The van der Waals surface area contributed by atoms with Crippen molar-refractivity contribution in [3.8, 4) is 32.0 Å². The van der Waals surface area contributed by atoms with Crippen LogP contribution in [0, 0.1) is 0 Å². The van der Waals surface area contributed by atoms with E-state index in [0.717, 1.165) is 27.6 Å². The van der Waals surface area contributed by atoms with E-state index < -0.39 is 10.8 Å². The predicted octanol–water partition coefficient (Wildman–Crippen LogP) is 18.2. The minimum absolute atomic E-state index is 0.309. The number of para-hydroxylation sites is 2. The first-order valence-corrected chi connectivity index (χ1v) is 26.5. The second-order valence-electron chi connectivity index (χ2n) is 20.6. The maximum Gasteiger partial charge on any atom is 0.159 e. The summed E-state index contributed by atoms with van der Waals surface area (Å²) < 4.78 is 7.75. The molecule has 332 valence electrons. The maximum atomic E-state index is 7.75. The van der Waals surface area contributed by atoms with Gasteiger partial charge >= 0.3 is 0 Å². The van der Waals surface area contributed by atoms with Crippen LogP contribution in [0.3, 0.4) is 0 Å². The lowest BCUT2D eigenvalue weighted by atomic mass is 9.61. The zero-order chi connectivity index (χ0) is 46.5. The summed E-state index contributed by atoms with van der Waals surface area (Å²) >= 11 is 3.75. The summed E-state index contributed by atoms with van der Waals surface area (Å²) in [6.07, 6.45) is 4.59. The van der Waals surface area contributed by atoms with Gasteiger partial charge in [-0.2, -0.15) is 0 Å². The Balaban J connectivity index is 0.976. The molecule has 1 spiro atoms. The monoisotopic (exact) mass is 939 g/mol. The van der Waals surface area contributed by atoms with Gasteiger partial charge in [-0.05, 0) is 141 Å². The number of rotatable bonds is 3. The standard InChI is InChI=1S/C67H41NOS2/c1-65(2)48-21-11-12-22-55(48)68(57-37-53-46(36-54(57)65)42-18-9-10-20-47(42)66(53,40-14-5-3-6-15-40)41-16-7-4-8-17-41)56-23-13-19-43-44-29-31-50-60(62(44)69-61(43)56)45-28-26-38-24-25-39-27-30-49(59(45)58(38)39)67(50)51-32-34-70-63(51)64-52(67)33-35-71-64/h3-37H,1-2H3. The van der Waals surface area contributed by atoms with E-state index in [-0.39, 0.29) is 5.41 Å². The largest absolute Gasteiger partial charge is 0.453 e. The maximum absolute atomic E-state index is 7.75. The Hall–Kier alpha value is -8.02. The molecule has 1 aliphatic heterocycles. The van der Waals surface area contributed by atoms with Crippen molar-refractivity contribution in [1.82, 2.24) is 0 Å². The van der Waals surface area contributed by atoms with Gasteiger partial charge in [-0.3, -0.25) is 0 Å². The fraction of sp³-hybridized carbons (Fsp3) is 0.0746. The van der Waals surface area contributed by atoms with Crippen LogP contribution in [0.15, 0.2) is 203 Å². The molecular formula is C67H41NOS2. The van der Waals surface area contributed by atoms with E-state index in [4.69, 9.17) is 4.42 Å². The number of benzene rings is 9. The minimum Gasteiger partial charge on any atom is -0.453 e. The van der Waals surface area contributed by atoms with Crippen LogP contribution in [0.1, 0.15) is 80.6 Å². The molecule has 0 fully saturated rings. The third-order valence-corrected chi connectivity index (χ3v) is 19.3. The van der Waals surface area contributed by atoms with Crippen LogP contribution in [0.25, 0.3) is 76.9 Å². The van der Waals surface area contributed by atoms with Gasteiger partial charge in [0, 0.05) is 31.5 Å². The summed E-state index contributed by atoms with van der Waals surface area (Å²) in [5.41, 5.74) is 24.7. The summed E-state index contributed by atoms with van der Waals surface area (Å²) in [6.45, 7) is 4.81. The third kappa shape index (κ3) is 4.44. The summed E-state index contributed by atoms with van der Waals surface area (Å²) in [5, 5.41) is 9.54. The Morgan fingerprint density at radius 1 is 0.394 bits per heavy atom. The van der Waals surface area contributed by atoms with Crippen molar-refractivity contribution in [2.45, 2.75) is 30.1 Å². The molecular weight excluding hydrogens is 899 g/mol. The van der Waals surface area contributed by atoms with Gasteiger partial charge in [-0.25, -0.2) is 0 Å². The first-order valence-electron chi connectivity index (χ1n) is 24.7. The molecule has 4 heterocycles. The molecule has 0 atom stereocenters. The van der Waals surface area contributed by atoms with Crippen molar-refractivity contribution in [1.29, 1.82) is 0 Å². The molecule has 0 saturated heterocycles. The molecule has 0 N–H and O–H groups in total. The fourth-order valence-corrected chi connectivity index (χ4v) is 16.6. The predicted molar refractivity (Wildman–Crippen MR) is 296 cm³/mol. The fourth-order valence-electron chi connectivity index (χ4n) is 14.5. The molecule has 0 bridgehead atoms. The molecule has 2 nitrogen and oxygen atoms in total. The molecule has 0 radical (unpaired) electrons. The number of hydrogen-bond donors (Lipinski definition) is 0. The van der Waals surface area contributed by atoms with Gasteiger partial charge in [0.25, 0.3) is 0 Å². The number of fused-ring (bicyclic) bond motifs is 18. The van der Waals surface area contributed by atoms with E-state index in [1.165, 1.54) is 121 Å². The van der Waals surface area contributed by atoms with Gasteiger partial charge in [0.05, 0.1) is 27.9 Å². The quantitative estimate of drug-likeness (QED) is 0.175. The molecule has 4 heteroatoms. The zero-order valence-electron chi connectivity index (χ0n) is 38.9. The number of anilines is 3. The molecule has 17 rings (SSSR count). The van der Waals surface area contributed by atoms with Crippen LogP contribution in [0.5, 0.6) is 0 Å². The molecule has 0 amide bonds. The van der Waals surface area contributed by atoms with Gasteiger partial charge in [-0.1, -0.05) is 178 Å². The van der Waals surface area contributed by atoms with Crippen LogP contribution >= 0.6 is 22.7 Å². The first-order chi connectivity index (χ1) is 35.0. The molecule has 0 saturated carbocycles. The first kappa shape index (κ1) is 38.8. The molecule has 0 unspecified atom stereocenters. The number of furan rings is 1. The van der Waals surface area contributed by atoms with Crippen molar-refractivity contribution >= 4 is 84.6 Å². The Kier molecular flexibility index (Phi) is 7.23. The third-order valence-electron chi connectivity index (χ3n) is 17.3. The highest BCUT2D eigenvalue weighted by Crippen LogP contribution is 2.67. The summed E-state index contributed by atoms with van der Waals surface area (Å²) in [5.74, 6) is 0. The Morgan fingerprint density at radius 3 is 1.77 bits per heavy atom. The van der Waals surface area contributed by atoms with Gasteiger partial charge in [0.15, 0.2) is 5.58 Å². The molecule has 3 aromatic heterocycles. The van der Waals surface area contributed by atoms with Crippen LogP contribution in [-0.2, 0) is 16.2 Å². The van der Waals surface area contributed by atoms with Crippen molar-refractivity contribution in [3.63, 3.8) is 0 Å². The molecule has 4 aliphatic carbocycles. The van der Waals surface area contributed by atoms with Crippen LogP contribution in [0.2, 0.25) is 0 Å². The van der Waals surface area contributed by atoms with E-state index >= 15 is 0 Å². The highest BCUT2D eigenvalue weighted by molar-refractivity contribution is 7.21. The Bertz CT molecular complexity index is 4300. The van der Waals surface area contributed by atoms with Gasteiger partial charge in [0.1, 0.15) is 5.58 Å². The minimum atomic E-state index is -0.546. The van der Waals surface area contributed by atoms with Crippen molar-refractivity contribution < 1.29 is 4.42 Å². The van der Waals surface area contributed by atoms with Crippen molar-refractivity contribution in [2.75, 3.05) is 4.90 Å². The van der Waals surface area contributed by atoms with E-state index in [9.17, 15) is 0 Å². The number of hydrogen-bond acceptors (Lipinski definition) is 4.